The second-order valence-electron chi connectivity index (χ2n) is 7.65. The number of carbonyl (C=O) groups is 5. The number of ether oxygens (including phenoxy) is 1. The number of nitrogens with one attached hydrogen (secondary N) is 2. The number of amides is 4. The minimum Gasteiger partial charge on any atom is -0.454 e. The van der Waals surface area contributed by atoms with Crippen LogP contribution in [0.15, 0.2) is 54.6 Å². The third kappa shape index (κ3) is 5.00. The molecule has 2 aromatic carbocycles. The highest BCUT2D eigenvalue weighted by Crippen LogP contribution is 2.27. The van der Waals surface area contributed by atoms with Crippen LogP contribution in [-0.4, -0.2) is 47.1 Å². The van der Waals surface area contributed by atoms with Crippen LogP contribution >= 0.6 is 0 Å². The van der Waals surface area contributed by atoms with Crippen molar-refractivity contribution in [3.63, 3.8) is 0 Å². The van der Waals surface area contributed by atoms with Gasteiger partial charge in [-0.2, -0.15) is 0 Å². The molecule has 2 N–H and O–H groups in total. The number of hydrogen-bond acceptors (Lipinski definition) is 6. The number of nitrogens with zero attached hydrogens (tertiary/aromatic N) is 1. The van der Waals surface area contributed by atoms with Gasteiger partial charge in [-0.05, 0) is 36.6 Å². The Kier molecular flexibility index (Phi) is 6.99. The Hall–Kier alpha value is -4.01. The van der Waals surface area contributed by atoms with Gasteiger partial charge in [0.25, 0.3) is 23.6 Å². The highest BCUT2D eigenvalue weighted by molar-refractivity contribution is 6.22. The summed E-state index contributed by atoms with van der Waals surface area (Å²) in [7, 11) is 0. The van der Waals surface area contributed by atoms with Gasteiger partial charge in [-0.15, -0.1) is 0 Å². The van der Waals surface area contributed by atoms with Crippen molar-refractivity contribution in [1.82, 2.24) is 15.8 Å². The maximum atomic E-state index is 12.8. The lowest BCUT2D eigenvalue weighted by Crippen LogP contribution is -2.48. The van der Waals surface area contributed by atoms with E-state index in [2.05, 4.69) is 10.9 Å². The number of carbonyl (C=O) groups excluding carboxylic acids is 5. The molecule has 166 valence electrons. The van der Waals surface area contributed by atoms with Crippen LogP contribution in [0.3, 0.4) is 0 Å². The smallest absolute Gasteiger partial charge is 0.329 e. The topological polar surface area (TPSA) is 122 Å². The molecule has 0 fully saturated rings. The first-order valence-electron chi connectivity index (χ1n) is 10.1. The minimum atomic E-state index is -1.17. The average molecular weight is 437 g/mol. The van der Waals surface area contributed by atoms with Gasteiger partial charge in [-0.1, -0.05) is 44.2 Å². The van der Waals surface area contributed by atoms with Crippen LogP contribution in [0, 0.1) is 5.92 Å². The van der Waals surface area contributed by atoms with Gasteiger partial charge in [0.2, 0.25) is 0 Å². The van der Waals surface area contributed by atoms with Crippen molar-refractivity contribution >= 4 is 29.6 Å². The Bertz CT molecular complexity index is 1020. The van der Waals surface area contributed by atoms with E-state index in [1.807, 2.05) is 13.8 Å². The summed E-state index contributed by atoms with van der Waals surface area (Å²) < 4.78 is 5.06. The molecule has 3 rings (SSSR count). The Morgan fingerprint density at radius 3 is 2.00 bits per heavy atom. The molecule has 1 aliphatic rings. The molecule has 2 aromatic rings. The molecular formula is C23H23N3O6. The van der Waals surface area contributed by atoms with Crippen LogP contribution in [0.1, 0.15) is 51.3 Å². The van der Waals surface area contributed by atoms with Crippen LogP contribution < -0.4 is 10.9 Å². The van der Waals surface area contributed by atoms with Crippen molar-refractivity contribution in [1.29, 1.82) is 0 Å². The average Bonchev–Trinajstić information content (AvgIpc) is 3.04. The first-order valence-corrected chi connectivity index (χ1v) is 10.1. The van der Waals surface area contributed by atoms with Crippen molar-refractivity contribution in [3.05, 3.63) is 71.3 Å². The number of hydrogen-bond donors (Lipinski definition) is 2. The molecule has 4 amide bonds. The maximum Gasteiger partial charge on any atom is 0.329 e. The number of imide groups is 1. The standard InChI is InChI=1S/C23H23N3O6/c1-14(2)12-18(26-21(29)16-10-6-7-11-17(16)22(26)30)23(31)32-13-19(27)24-25-20(28)15-8-4-3-5-9-15/h3-11,14,18H,12-13H2,1-2H3,(H,24,27)(H,25,28)/t18-/m0/s1. The fourth-order valence-corrected chi connectivity index (χ4v) is 3.30. The van der Waals surface area contributed by atoms with Crippen molar-refractivity contribution in [3.8, 4) is 0 Å². The Balaban J connectivity index is 1.61. The first kappa shape index (κ1) is 22.7. The maximum absolute atomic E-state index is 12.8. The molecule has 0 unspecified atom stereocenters. The lowest BCUT2D eigenvalue weighted by molar-refractivity contribution is -0.153. The molecule has 0 aromatic heterocycles. The fourth-order valence-electron chi connectivity index (χ4n) is 3.30. The summed E-state index contributed by atoms with van der Waals surface area (Å²) in [5, 5.41) is 0. The second-order valence-corrected chi connectivity index (χ2v) is 7.65. The largest absolute Gasteiger partial charge is 0.454 e. The number of fused-ring (bicyclic) bond motifs is 1. The summed E-state index contributed by atoms with van der Waals surface area (Å²) in [6.07, 6.45) is 0.177. The van der Waals surface area contributed by atoms with Crippen molar-refractivity contribution < 1.29 is 28.7 Å². The Morgan fingerprint density at radius 1 is 0.875 bits per heavy atom. The second kappa shape index (κ2) is 9.86. The molecule has 9 heteroatoms. The highest BCUT2D eigenvalue weighted by Gasteiger charge is 2.43. The SMILES string of the molecule is CC(C)C[C@@H](C(=O)OCC(=O)NNC(=O)c1ccccc1)N1C(=O)c2ccccc2C1=O. The van der Waals surface area contributed by atoms with Gasteiger partial charge < -0.3 is 4.74 Å². The van der Waals surface area contributed by atoms with E-state index in [9.17, 15) is 24.0 Å². The number of rotatable bonds is 7. The summed E-state index contributed by atoms with van der Waals surface area (Å²) in [6.45, 7) is 2.99. The molecule has 9 nitrogen and oxygen atoms in total. The van der Waals surface area contributed by atoms with Gasteiger partial charge in [0, 0.05) is 5.56 Å². The van der Waals surface area contributed by atoms with Crippen LogP contribution in [0.2, 0.25) is 0 Å². The molecule has 1 aliphatic heterocycles. The fraction of sp³-hybridized carbons (Fsp3) is 0.261. The summed E-state index contributed by atoms with van der Waals surface area (Å²) >= 11 is 0. The lowest BCUT2D eigenvalue weighted by atomic mass is 10.0. The van der Waals surface area contributed by atoms with E-state index in [0.29, 0.717) is 5.56 Å². The van der Waals surface area contributed by atoms with Gasteiger partial charge in [0.05, 0.1) is 11.1 Å². The summed E-state index contributed by atoms with van der Waals surface area (Å²) in [4.78, 5) is 63.1. The molecule has 0 aliphatic carbocycles. The highest BCUT2D eigenvalue weighted by atomic mass is 16.5. The molecule has 0 saturated carbocycles. The van der Waals surface area contributed by atoms with Crippen LogP contribution in [0.25, 0.3) is 0 Å². The monoisotopic (exact) mass is 437 g/mol. The number of hydrazine groups is 1. The van der Waals surface area contributed by atoms with Gasteiger partial charge in [0.15, 0.2) is 6.61 Å². The predicted molar refractivity (Wildman–Crippen MR) is 113 cm³/mol. The minimum absolute atomic E-state index is 0.0316. The van der Waals surface area contributed by atoms with E-state index in [-0.39, 0.29) is 23.5 Å². The molecule has 0 radical (unpaired) electrons. The molecule has 32 heavy (non-hydrogen) atoms. The van der Waals surface area contributed by atoms with E-state index in [0.717, 1.165) is 4.90 Å². The predicted octanol–water partition coefficient (Wildman–Crippen LogP) is 1.70. The zero-order valence-corrected chi connectivity index (χ0v) is 17.7. The molecule has 0 spiro atoms. The number of esters is 1. The normalized spacial score (nSPS) is 13.5. The van der Waals surface area contributed by atoms with E-state index in [1.165, 1.54) is 12.1 Å². The van der Waals surface area contributed by atoms with E-state index in [1.54, 1.807) is 42.5 Å². The van der Waals surface area contributed by atoms with Gasteiger partial charge >= 0.3 is 5.97 Å². The van der Waals surface area contributed by atoms with E-state index < -0.39 is 42.2 Å². The first-order chi connectivity index (χ1) is 15.3. The summed E-state index contributed by atoms with van der Waals surface area (Å²) in [6, 6.07) is 13.4. The quantitative estimate of drug-likeness (QED) is 0.386. The zero-order valence-electron chi connectivity index (χ0n) is 17.7. The number of benzene rings is 2. The van der Waals surface area contributed by atoms with Gasteiger partial charge in [-0.25, -0.2) is 4.79 Å². The lowest BCUT2D eigenvalue weighted by Gasteiger charge is -2.25. The molecule has 1 heterocycles. The Labute approximate surface area is 184 Å². The van der Waals surface area contributed by atoms with Gasteiger partial charge in [-0.3, -0.25) is 34.9 Å². The van der Waals surface area contributed by atoms with Crippen molar-refractivity contribution in [2.75, 3.05) is 6.61 Å². The zero-order chi connectivity index (χ0) is 23.3. The third-order valence-corrected chi connectivity index (χ3v) is 4.80. The molecule has 0 saturated heterocycles. The molecule has 1 atom stereocenters. The van der Waals surface area contributed by atoms with Crippen LogP contribution in [0.5, 0.6) is 0 Å². The Morgan fingerprint density at radius 2 is 1.44 bits per heavy atom. The van der Waals surface area contributed by atoms with Gasteiger partial charge in [0.1, 0.15) is 6.04 Å². The van der Waals surface area contributed by atoms with Crippen LogP contribution in [0.4, 0.5) is 0 Å². The molecule has 0 bridgehead atoms. The third-order valence-electron chi connectivity index (χ3n) is 4.80. The van der Waals surface area contributed by atoms with Crippen LogP contribution in [-0.2, 0) is 14.3 Å². The van der Waals surface area contributed by atoms with Crippen molar-refractivity contribution in [2.24, 2.45) is 5.92 Å². The summed E-state index contributed by atoms with van der Waals surface area (Å²) in [5.41, 5.74) is 5.16. The van der Waals surface area contributed by atoms with E-state index >= 15 is 0 Å². The summed E-state index contributed by atoms with van der Waals surface area (Å²) in [5.74, 6) is -3.36. The van der Waals surface area contributed by atoms with Crippen molar-refractivity contribution in [2.45, 2.75) is 26.3 Å². The molecular weight excluding hydrogens is 414 g/mol. The van der Waals surface area contributed by atoms with E-state index in [4.69, 9.17) is 4.74 Å².